The molecule has 1 saturated heterocycles. The van der Waals surface area contributed by atoms with Crippen molar-refractivity contribution in [1.82, 2.24) is 15.1 Å². The molecule has 0 aromatic rings. The number of hydrogen-bond donors (Lipinski definition) is 1. The molecule has 1 saturated carbocycles. The van der Waals surface area contributed by atoms with Crippen LogP contribution in [0.2, 0.25) is 0 Å². The van der Waals surface area contributed by atoms with Gasteiger partial charge in [-0.1, -0.05) is 13.3 Å². The van der Waals surface area contributed by atoms with Crippen LogP contribution in [0, 0.1) is 0 Å². The molecule has 1 heterocycles. The molecule has 0 aromatic heterocycles. The minimum atomic E-state index is 0.760. The maximum Gasteiger partial charge on any atom is 0.0249 e. The van der Waals surface area contributed by atoms with Crippen molar-refractivity contribution in [2.75, 3.05) is 33.7 Å². The number of piperidine rings is 1. The summed E-state index contributed by atoms with van der Waals surface area (Å²) < 4.78 is 0. The van der Waals surface area contributed by atoms with Crippen LogP contribution in [0.15, 0.2) is 0 Å². The van der Waals surface area contributed by atoms with Gasteiger partial charge in [0.2, 0.25) is 0 Å². The number of likely N-dealkylation sites (N-methyl/N-ethyl adjacent to an activating group) is 1. The first-order valence-corrected chi connectivity index (χ1v) is 7.36. The van der Waals surface area contributed by atoms with Gasteiger partial charge in [-0.05, 0) is 59.4 Å². The molecule has 0 spiro atoms. The molecule has 2 unspecified atom stereocenters. The lowest BCUT2D eigenvalue weighted by atomic mass is 10.0. The summed E-state index contributed by atoms with van der Waals surface area (Å²) >= 11 is 0. The van der Waals surface area contributed by atoms with Gasteiger partial charge in [0.05, 0.1) is 0 Å². The third kappa shape index (κ3) is 3.21. The van der Waals surface area contributed by atoms with Crippen molar-refractivity contribution in [1.29, 1.82) is 0 Å². The quantitative estimate of drug-likeness (QED) is 0.803. The average Bonchev–Trinajstić information content (AvgIpc) is 2.78. The number of likely N-dealkylation sites (tertiary alicyclic amines) is 1. The molecule has 3 nitrogen and oxygen atoms in total. The fourth-order valence-corrected chi connectivity index (χ4v) is 3.61. The van der Waals surface area contributed by atoms with E-state index in [1.807, 2.05) is 0 Å². The topological polar surface area (TPSA) is 18.5 Å². The predicted molar refractivity (Wildman–Crippen MR) is 73.4 cm³/mol. The Morgan fingerprint density at radius 2 is 1.82 bits per heavy atom. The zero-order chi connectivity index (χ0) is 12.3. The summed E-state index contributed by atoms with van der Waals surface area (Å²) in [4.78, 5) is 5.15. The van der Waals surface area contributed by atoms with E-state index in [1.165, 1.54) is 45.2 Å². The Kier molecular flexibility index (Phi) is 4.83. The molecule has 1 N–H and O–H groups in total. The molecule has 1 aliphatic carbocycles. The average molecular weight is 239 g/mol. The number of nitrogens with zero attached hydrogens (tertiary/aromatic N) is 2. The van der Waals surface area contributed by atoms with Crippen LogP contribution in [-0.2, 0) is 0 Å². The van der Waals surface area contributed by atoms with Gasteiger partial charge in [0.25, 0.3) is 0 Å². The van der Waals surface area contributed by atoms with Crippen molar-refractivity contribution in [3.05, 3.63) is 0 Å². The van der Waals surface area contributed by atoms with Crippen molar-refractivity contribution >= 4 is 0 Å². The van der Waals surface area contributed by atoms with E-state index in [0.717, 1.165) is 24.7 Å². The van der Waals surface area contributed by atoms with Gasteiger partial charge in [0.1, 0.15) is 0 Å². The monoisotopic (exact) mass is 239 g/mol. The van der Waals surface area contributed by atoms with E-state index in [-0.39, 0.29) is 0 Å². The lowest BCUT2D eigenvalue weighted by molar-refractivity contribution is 0.0982. The van der Waals surface area contributed by atoms with Gasteiger partial charge in [-0.15, -0.1) is 0 Å². The van der Waals surface area contributed by atoms with Gasteiger partial charge >= 0.3 is 0 Å². The molecule has 3 heteroatoms. The normalized spacial score (nSPS) is 32.5. The number of hydrogen-bond acceptors (Lipinski definition) is 3. The summed E-state index contributed by atoms with van der Waals surface area (Å²) in [5.41, 5.74) is 0. The van der Waals surface area contributed by atoms with Crippen LogP contribution in [0.3, 0.4) is 0 Å². The molecule has 0 radical (unpaired) electrons. The molecule has 2 fully saturated rings. The van der Waals surface area contributed by atoms with Crippen LogP contribution in [0.25, 0.3) is 0 Å². The van der Waals surface area contributed by atoms with Gasteiger partial charge < -0.3 is 10.2 Å². The van der Waals surface area contributed by atoms with Gasteiger partial charge in [0.15, 0.2) is 0 Å². The summed E-state index contributed by atoms with van der Waals surface area (Å²) in [6.07, 6.45) is 6.90. The van der Waals surface area contributed by atoms with E-state index in [2.05, 4.69) is 36.1 Å². The molecule has 2 rings (SSSR count). The van der Waals surface area contributed by atoms with Gasteiger partial charge in [-0.2, -0.15) is 0 Å². The predicted octanol–water partition coefficient (Wildman–Crippen LogP) is 1.54. The molecule has 2 aliphatic rings. The van der Waals surface area contributed by atoms with Gasteiger partial charge in [-0.25, -0.2) is 0 Å². The fraction of sp³-hybridized carbons (Fsp3) is 1.00. The Balaban J connectivity index is 1.83. The molecule has 100 valence electrons. The lowest BCUT2D eigenvalue weighted by Gasteiger charge is -2.40. The van der Waals surface area contributed by atoms with Crippen molar-refractivity contribution in [3.63, 3.8) is 0 Å². The first-order valence-electron chi connectivity index (χ1n) is 7.36. The smallest absolute Gasteiger partial charge is 0.0249 e. The molecular weight excluding hydrogens is 210 g/mol. The largest absolute Gasteiger partial charge is 0.313 e. The van der Waals surface area contributed by atoms with E-state index in [1.54, 1.807) is 0 Å². The Morgan fingerprint density at radius 3 is 2.41 bits per heavy atom. The Morgan fingerprint density at radius 1 is 1.12 bits per heavy atom. The molecule has 1 aliphatic heterocycles. The van der Waals surface area contributed by atoms with E-state index in [9.17, 15) is 0 Å². The second-order valence-electron chi connectivity index (χ2n) is 5.89. The van der Waals surface area contributed by atoms with Crippen LogP contribution in [0.1, 0.15) is 39.0 Å². The van der Waals surface area contributed by atoms with Crippen LogP contribution < -0.4 is 5.32 Å². The second-order valence-corrected chi connectivity index (χ2v) is 5.89. The Bertz CT molecular complexity index is 222. The molecule has 0 aromatic carbocycles. The molecular formula is C14H29N3. The highest BCUT2D eigenvalue weighted by Gasteiger charge is 2.33. The number of nitrogens with one attached hydrogen (secondary N) is 1. The zero-order valence-electron chi connectivity index (χ0n) is 11.8. The highest BCUT2D eigenvalue weighted by Crippen LogP contribution is 2.27. The van der Waals surface area contributed by atoms with E-state index in [4.69, 9.17) is 0 Å². The van der Waals surface area contributed by atoms with Crippen molar-refractivity contribution < 1.29 is 0 Å². The standard InChI is InChI=1S/C14H29N3/c1-4-15-13-6-5-7-14(13)17-10-8-12(9-11-17)16(2)3/h12-15H,4-11H2,1-3H3. The summed E-state index contributed by atoms with van der Waals surface area (Å²) in [5.74, 6) is 0. The van der Waals surface area contributed by atoms with Crippen LogP contribution in [0.4, 0.5) is 0 Å². The number of rotatable bonds is 4. The van der Waals surface area contributed by atoms with E-state index < -0.39 is 0 Å². The van der Waals surface area contributed by atoms with Crippen molar-refractivity contribution in [3.8, 4) is 0 Å². The molecule has 17 heavy (non-hydrogen) atoms. The van der Waals surface area contributed by atoms with E-state index >= 15 is 0 Å². The zero-order valence-corrected chi connectivity index (χ0v) is 11.8. The minimum Gasteiger partial charge on any atom is -0.313 e. The van der Waals surface area contributed by atoms with E-state index in [0.29, 0.717) is 0 Å². The summed E-state index contributed by atoms with van der Waals surface area (Å²) in [7, 11) is 4.44. The highest BCUT2D eigenvalue weighted by atomic mass is 15.2. The Hall–Kier alpha value is -0.120. The van der Waals surface area contributed by atoms with Crippen LogP contribution >= 0.6 is 0 Å². The third-order valence-corrected chi connectivity index (χ3v) is 4.64. The van der Waals surface area contributed by atoms with Crippen molar-refractivity contribution in [2.45, 2.75) is 57.2 Å². The minimum absolute atomic E-state index is 0.760. The fourth-order valence-electron chi connectivity index (χ4n) is 3.61. The summed E-state index contributed by atoms with van der Waals surface area (Å²) in [6, 6.07) is 2.39. The van der Waals surface area contributed by atoms with Gasteiger partial charge in [-0.3, -0.25) is 4.90 Å². The molecule has 2 atom stereocenters. The Labute approximate surface area is 107 Å². The summed E-state index contributed by atoms with van der Waals surface area (Å²) in [5, 5.41) is 3.67. The van der Waals surface area contributed by atoms with Crippen LogP contribution in [-0.4, -0.2) is 61.7 Å². The first kappa shape index (κ1) is 13.3. The maximum absolute atomic E-state index is 3.67. The highest BCUT2D eigenvalue weighted by molar-refractivity contribution is 4.92. The molecule has 0 amide bonds. The van der Waals surface area contributed by atoms with Gasteiger partial charge in [0, 0.05) is 18.1 Å². The maximum atomic E-state index is 3.67. The lowest BCUT2D eigenvalue weighted by Crippen LogP contribution is -2.51. The molecule has 0 bridgehead atoms. The van der Waals surface area contributed by atoms with Crippen molar-refractivity contribution in [2.24, 2.45) is 0 Å². The second kappa shape index (κ2) is 6.17. The third-order valence-electron chi connectivity index (χ3n) is 4.64. The SMILES string of the molecule is CCNC1CCCC1N1CCC(N(C)C)CC1. The van der Waals surface area contributed by atoms with Crippen LogP contribution in [0.5, 0.6) is 0 Å². The first-order chi connectivity index (χ1) is 8.22. The summed E-state index contributed by atoms with van der Waals surface area (Å²) in [6.45, 7) is 5.95.